The lowest BCUT2D eigenvalue weighted by Crippen LogP contribution is -2.42. The van der Waals surface area contributed by atoms with Gasteiger partial charge in [0.05, 0.1) is 0 Å². The molecule has 0 radical (unpaired) electrons. The molecule has 13 heavy (non-hydrogen) atoms. The number of nitrogens with zero attached hydrogens (tertiary/aromatic N) is 3. The van der Waals surface area contributed by atoms with Gasteiger partial charge in [-0.1, -0.05) is 5.16 Å². The first kappa shape index (κ1) is 8.18. The van der Waals surface area contributed by atoms with Crippen LogP contribution in [0.3, 0.4) is 0 Å². The van der Waals surface area contributed by atoms with Crippen molar-refractivity contribution in [2.24, 2.45) is 0 Å². The van der Waals surface area contributed by atoms with E-state index in [-0.39, 0.29) is 24.2 Å². The lowest BCUT2D eigenvalue weighted by atomic mass is 10.2. The summed E-state index contributed by atoms with van der Waals surface area (Å²) < 4.78 is 4.60. The van der Waals surface area contributed by atoms with E-state index in [0.29, 0.717) is 0 Å². The number of aliphatic hydroxyl groups is 1. The molecule has 1 aliphatic rings. The molecule has 1 saturated heterocycles. The summed E-state index contributed by atoms with van der Waals surface area (Å²) >= 11 is 0. The van der Waals surface area contributed by atoms with Gasteiger partial charge in [-0.15, -0.1) is 0 Å². The van der Waals surface area contributed by atoms with Crippen molar-refractivity contribution in [1.29, 1.82) is 0 Å². The molecule has 2 heterocycles. The van der Waals surface area contributed by atoms with Gasteiger partial charge in [0.1, 0.15) is 6.61 Å². The molecule has 1 aromatic rings. The van der Waals surface area contributed by atoms with Crippen LogP contribution in [0.2, 0.25) is 0 Å². The average molecular weight is 183 g/mol. The van der Waals surface area contributed by atoms with Gasteiger partial charge in [-0.05, 0) is 6.42 Å². The minimum Gasteiger partial charge on any atom is -0.387 e. The second-order valence-corrected chi connectivity index (χ2v) is 2.82. The van der Waals surface area contributed by atoms with Gasteiger partial charge >= 0.3 is 0 Å². The predicted molar refractivity (Wildman–Crippen MR) is 40.7 cm³/mol. The molecule has 0 unspecified atom stereocenters. The SMILES string of the molecule is O=C(c1noc(CO)n1)N1CCC1. The third-order valence-corrected chi connectivity index (χ3v) is 1.94. The lowest BCUT2D eigenvalue weighted by molar-refractivity contribution is 0.0635. The van der Waals surface area contributed by atoms with E-state index in [1.165, 1.54) is 0 Å². The Labute approximate surface area is 74.2 Å². The van der Waals surface area contributed by atoms with E-state index >= 15 is 0 Å². The molecule has 6 nitrogen and oxygen atoms in total. The van der Waals surface area contributed by atoms with E-state index in [4.69, 9.17) is 5.11 Å². The fraction of sp³-hybridized carbons (Fsp3) is 0.571. The van der Waals surface area contributed by atoms with Gasteiger partial charge in [-0.3, -0.25) is 4.79 Å². The number of carbonyl (C=O) groups is 1. The lowest BCUT2D eigenvalue weighted by Gasteiger charge is -2.29. The molecular weight excluding hydrogens is 174 g/mol. The third-order valence-electron chi connectivity index (χ3n) is 1.94. The second-order valence-electron chi connectivity index (χ2n) is 2.82. The Morgan fingerprint density at radius 2 is 2.38 bits per heavy atom. The zero-order chi connectivity index (χ0) is 9.26. The zero-order valence-electron chi connectivity index (χ0n) is 6.93. The molecule has 1 amide bonds. The standard InChI is InChI=1S/C7H9N3O3/c11-4-5-8-6(9-13-5)7(12)10-2-1-3-10/h11H,1-4H2. The van der Waals surface area contributed by atoms with Crippen LogP contribution in [0.5, 0.6) is 0 Å². The molecule has 1 aliphatic heterocycles. The molecule has 70 valence electrons. The van der Waals surface area contributed by atoms with Crippen molar-refractivity contribution in [3.05, 3.63) is 11.7 Å². The summed E-state index contributed by atoms with van der Waals surface area (Å²) in [5.41, 5.74) is 0. The highest BCUT2D eigenvalue weighted by molar-refractivity contribution is 5.90. The number of carbonyl (C=O) groups excluding carboxylic acids is 1. The number of hydrogen-bond acceptors (Lipinski definition) is 5. The van der Waals surface area contributed by atoms with Gasteiger partial charge in [0.15, 0.2) is 0 Å². The Bertz CT molecular complexity index is 319. The van der Waals surface area contributed by atoms with Crippen LogP contribution in [0.1, 0.15) is 22.9 Å². The summed E-state index contributed by atoms with van der Waals surface area (Å²) in [5.74, 6) is -0.123. The summed E-state index contributed by atoms with van der Waals surface area (Å²) in [6, 6.07) is 0. The van der Waals surface area contributed by atoms with Crippen molar-refractivity contribution in [3.8, 4) is 0 Å². The van der Waals surface area contributed by atoms with Crippen molar-refractivity contribution in [2.45, 2.75) is 13.0 Å². The minimum atomic E-state index is -0.333. The van der Waals surface area contributed by atoms with Crippen molar-refractivity contribution in [2.75, 3.05) is 13.1 Å². The van der Waals surface area contributed by atoms with Gasteiger partial charge in [0.2, 0.25) is 0 Å². The van der Waals surface area contributed by atoms with Crippen molar-refractivity contribution < 1.29 is 14.4 Å². The van der Waals surface area contributed by atoms with Gasteiger partial charge < -0.3 is 14.5 Å². The van der Waals surface area contributed by atoms with Crippen LogP contribution < -0.4 is 0 Å². The van der Waals surface area contributed by atoms with Crippen LogP contribution in [-0.4, -0.2) is 39.1 Å². The van der Waals surface area contributed by atoms with Crippen LogP contribution in [0.4, 0.5) is 0 Å². The van der Waals surface area contributed by atoms with E-state index in [1.54, 1.807) is 4.90 Å². The number of hydrogen-bond donors (Lipinski definition) is 1. The summed E-state index contributed by atoms with van der Waals surface area (Å²) in [4.78, 5) is 16.8. The van der Waals surface area contributed by atoms with Crippen LogP contribution in [0.15, 0.2) is 4.52 Å². The molecule has 2 rings (SSSR count). The molecule has 0 spiro atoms. The maximum Gasteiger partial charge on any atom is 0.295 e. The maximum absolute atomic E-state index is 11.4. The van der Waals surface area contributed by atoms with Crippen LogP contribution in [0.25, 0.3) is 0 Å². The van der Waals surface area contributed by atoms with Gasteiger partial charge in [-0.25, -0.2) is 0 Å². The smallest absolute Gasteiger partial charge is 0.295 e. The van der Waals surface area contributed by atoms with E-state index in [2.05, 4.69) is 14.7 Å². The third kappa shape index (κ3) is 1.40. The minimum absolute atomic E-state index is 0.0313. The second kappa shape index (κ2) is 3.14. The highest BCUT2D eigenvalue weighted by atomic mass is 16.5. The Hall–Kier alpha value is -1.43. The Morgan fingerprint density at radius 1 is 1.62 bits per heavy atom. The molecule has 0 atom stereocenters. The quantitative estimate of drug-likeness (QED) is 0.662. The van der Waals surface area contributed by atoms with E-state index < -0.39 is 0 Å². The van der Waals surface area contributed by atoms with Gasteiger partial charge in [-0.2, -0.15) is 4.98 Å². The fourth-order valence-electron chi connectivity index (χ4n) is 1.07. The molecular formula is C7H9N3O3. The van der Waals surface area contributed by atoms with Crippen LogP contribution in [0, 0.1) is 0 Å². The molecule has 6 heteroatoms. The first-order valence-electron chi connectivity index (χ1n) is 4.04. The molecule has 0 aromatic carbocycles. The molecule has 1 aromatic heterocycles. The van der Waals surface area contributed by atoms with E-state index in [9.17, 15) is 4.79 Å². The predicted octanol–water partition coefficient (Wildman–Crippen LogP) is -0.592. The van der Waals surface area contributed by atoms with Gasteiger partial charge in [0, 0.05) is 13.1 Å². The van der Waals surface area contributed by atoms with E-state index in [1.807, 2.05) is 0 Å². The van der Waals surface area contributed by atoms with Gasteiger partial charge in [0.25, 0.3) is 17.6 Å². The summed E-state index contributed by atoms with van der Waals surface area (Å²) in [7, 11) is 0. The highest BCUT2D eigenvalue weighted by Crippen LogP contribution is 2.10. The van der Waals surface area contributed by atoms with E-state index in [0.717, 1.165) is 19.5 Å². The van der Waals surface area contributed by atoms with Crippen molar-refractivity contribution in [1.82, 2.24) is 15.0 Å². The number of rotatable bonds is 2. The number of likely N-dealkylation sites (tertiary alicyclic amines) is 1. The summed E-state index contributed by atoms with van der Waals surface area (Å²) in [6.45, 7) is 1.17. The largest absolute Gasteiger partial charge is 0.387 e. The molecule has 0 saturated carbocycles. The molecule has 0 bridgehead atoms. The Kier molecular flexibility index (Phi) is 1.97. The normalized spacial score (nSPS) is 15.6. The summed E-state index contributed by atoms with van der Waals surface area (Å²) in [6.07, 6.45) is 1.02. The number of amides is 1. The topological polar surface area (TPSA) is 79.5 Å². The summed E-state index contributed by atoms with van der Waals surface area (Å²) in [5, 5.41) is 12.1. The fourth-order valence-corrected chi connectivity index (χ4v) is 1.07. The first-order valence-corrected chi connectivity index (χ1v) is 4.04. The monoisotopic (exact) mass is 183 g/mol. The Morgan fingerprint density at radius 3 is 2.85 bits per heavy atom. The number of aromatic nitrogens is 2. The van der Waals surface area contributed by atoms with Crippen molar-refractivity contribution in [3.63, 3.8) is 0 Å². The Balaban J connectivity index is 2.10. The van der Waals surface area contributed by atoms with Crippen LogP contribution >= 0.6 is 0 Å². The van der Waals surface area contributed by atoms with Crippen molar-refractivity contribution >= 4 is 5.91 Å². The molecule has 1 fully saturated rings. The first-order chi connectivity index (χ1) is 6.31. The van der Waals surface area contributed by atoms with Crippen LogP contribution in [-0.2, 0) is 6.61 Å². The maximum atomic E-state index is 11.4. The molecule has 1 N–H and O–H groups in total. The number of aliphatic hydroxyl groups excluding tert-OH is 1. The molecule has 0 aliphatic carbocycles. The zero-order valence-corrected chi connectivity index (χ0v) is 6.93. The average Bonchev–Trinajstić information content (AvgIpc) is 2.48. The highest BCUT2D eigenvalue weighted by Gasteiger charge is 2.25.